The van der Waals surface area contributed by atoms with Crippen LogP contribution >= 0.6 is 0 Å². The molecule has 3 N–H and O–H groups in total. The van der Waals surface area contributed by atoms with Crippen molar-refractivity contribution in [2.45, 2.75) is 44.7 Å². The molecule has 3 amide bonds. The summed E-state index contributed by atoms with van der Waals surface area (Å²) in [6, 6.07) is 4.79. The van der Waals surface area contributed by atoms with Crippen molar-refractivity contribution < 1.29 is 24.3 Å². The number of carbonyl (C=O) groups excluding carboxylic acids is 2. The van der Waals surface area contributed by atoms with Crippen molar-refractivity contribution in [2.75, 3.05) is 20.8 Å². The highest BCUT2D eigenvalue weighted by atomic mass is 16.5. The monoisotopic (exact) mass is 379 g/mol. The van der Waals surface area contributed by atoms with Crippen molar-refractivity contribution in [1.29, 1.82) is 0 Å². The zero-order valence-corrected chi connectivity index (χ0v) is 15.9. The summed E-state index contributed by atoms with van der Waals surface area (Å²) in [4.78, 5) is 23.0. The van der Waals surface area contributed by atoms with E-state index in [9.17, 15) is 14.8 Å². The van der Waals surface area contributed by atoms with Gasteiger partial charge in [-0.25, -0.2) is 9.86 Å². The molecule has 1 aliphatic carbocycles. The van der Waals surface area contributed by atoms with Crippen LogP contribution in [-0.2, 0) is 11.3 Å². The van der Waals surface area contributed by atoms with Crippen LogP contribution in [0.15, 0.2) is 18.2 Å². The number of hydroxylamine groups is 2. The molecule has 8 heteroatoms. The minimum atomic E-state index is -0.341. The first-order chi connectivity index (χ1) is 13.0. The summed E-state index contributed by atoms with van der Waals surface area (Å²) in [5.74, 6) is 1.73. The fourth-order valence-corrected chi connectivity index (χ4v) is 3.51. The van der Waals surface area contributed by atoms with Crippen LogP contribution in [0.5, 0.6) is 11.5 Å². The molecule has 1 saturated carbocycles. The summed E-state index contributed by atoms with van der Waals surface area (Å²) >= 11 is 0. The van der Waals surface area contributed by atoms with E-state index < -0.39 is 0 Å². The molecule has 0 unspecified atom stereocenters. The molecule has 0 spiro atoms. The van der Waals surface area contributed by atoms with Gasteiger partial charge in [0.25, 0.3) is 0 Å². The van der Waals surface area contributed by atoms with Gasteiger partial charge in [-0.05, 0) is 30.0 Å². The lowest BCUT2D eigenvalue weighted by molar-refractivity contribution is -0.151. The Bertz CT molecular complexity index is 619. The summed E-state index contributed by atoms with van der Waals surface area (Å²) in [6.07, 6.45) is 5.73. The fraction of sp³-hybridized carbons (Fsp3) is 0.579. The van der Waals surface area contributed by atoms with Crippen LogP contribution in [0.2, 0.25) is 0 Å². The average molecular weight is 379 g/mol. The van der Waals surface area contributed by atoms with E-state index in [1.54, 1.807) is 26.4 Å². The van der Waals surface area contributed by atoms with Gasteiger partial charge in [0.2, 0.25) is 6.41 Å². The molecule has 8 nitrogen and oxygen atoms in total. The lowest BCUT2D eigenvalue weighted by atomic mass is 9.98. The smallest absolute Gasteiger partial charge is 0.315 e. The maximum Gasteiger partial charge on any atom is 0.315 e. The van der Waals surface area contributed by atoms with E-state index in [4.69, 9.17) is 9.47 Å². The number of rotatable bonds is 10. The molecule has 1 aromatic rings. The van der Waals surface area contributed by atoms with Gasteiger partial charge < -0.3 is 20.1 Å². The highest BCUT2D eigenvalue weighted by molar-refractivity contribution is 5.74. The lowest BCUT2D eigenvalue weighted by Gasteiger charge is -2.24. The van der Waals surface area contributed by atoms with E-state index in [1.165, 1.54) is 12.8 Å². The first-order valence-electron chi connectivity index (χ1n) is 9.21. The van der Waals surface area contributed by atoms with Gasteiger partial charge in [-0.3, -0.25) is 10.0 Å². The highest BCUT2D eigenvalue weighted by Crippen LogP contribution is 2.29. The molecule has 0 bridgehead atoms. The first-order valence-corrected chi connectivity index (χ1v) is 9.21. The van der Waals surface area contributed by atoms with Crippen LogP contribution in [0.25, 0.3) is 0 Å². The van der Waals surface area contributed by atoms with Crippen molar-refractivity contribution in [1.82, 2.24) is 15.7 Å². The van der Waals surface area contributed by atoms with Crippen molar-refractivity contribution in [3.63, 3.8) is 0 Å². The van der Waals surface area contributed by atoms with Gasteiger partial charge in [0.1, 0.15) is 0 Å². The fourth-order valence-electron chi connectivity index (χ4n) is 3.51. The molecule has 1 fully saturated rings. The van der Waals surface area contributed by atoms with Gasteiger partial charge in [0, 0.05) is 6.54 Å². The maximum atomic E-state index is 12.3. The van der Waals surface area contributed by atoms with E-state index in [2.05, 4.69) is 10.6 Å². The number of hydrogen-bond donors (Lipinski definition) is 3. The van der Waals surface area contributed by atoms with Gasteiger partial charge in [-0.1, -0.05) is 31.7 Å². The normalized spacial score (nSPS) is 15.1. The molecule has 0 heterocycles. The standard InChI is InChI=1S/C19H29N3O5/c1-26-17-8-7-15(10-18(17)27-2)11-20-19(24)21-16(12-22(25)13-23)9-14-5-3-4-6-14/h7-8,10,13-14,16,25H,3-6,9,11-12H2,1-2H3,(H2,20,21,24)/t16-/m1/s1. The van der Waals surface area contributed by atoms with Crippen molar-refractivity contribution in [3.05, 3.63) is 23.8 Å². The lowest BCUT2D eigenvalue weighted by Crippen LogP contribution is -2.47. The topological polar surface area (TPSA) is 100 Å². The predicted molar refractivity (Wildman–Crippen MR) is 99.8 cm³/mol. The quantitative estimate of drug-likeness (QED) is 0.329. The van der Waals surface area contributed by atoms with Gasteiger partial charge in [0.05, 0.1) is 26.8 Å². The zero-order chi connectivity index (χ0) is 19.6. The Morgan fingerprint density at radius 2 is 2.00 bits per heavy atom. The van der Waals surface area contributed by atoms with Crippen LogP contribution in [0.1, 0.15) is 37.7 Å². The number of methoxy groups -OCH3 is 2. The van der Waals surface area contributed by atoms with Crippen molar-refractivity contribution in [3.8, 4) is 11.5 Å². The summed E-state index contributed by atoms with van der Waals surface area (Å²) < 4.78 is 10.5. The molecule has 150 valence electrons. The minimum absolute atomic E-state index is 0.0732. The number of nitrogens with zero attached hydrogens (tertiary/aromatic N) is 1. The Labute approximate surface area is 159 Å². The number of nitrogens with one attached hydrogen (secondary N) is 2. The molecule has 0 saturated heterocycles. The maximum absolute atomic E-state index is 12.3. The second-order valence-corrected chi connectivity index (χ2v) is 6.83. The third-order valence-electron chi connectivity index (χ3n) is 4.86. The molecule has 27 heavy (non-hydrogen) atoms. The molecular formula is C19H29N3O5. The SMILES string of the molecule is COc1ccc(CNC(=O)N[C@H](CC2CCCC2)CN(O)C=O)cc1OC. The van der Waals surface area contributed by atoms with Crippen molar-refractivity contribution >= 4 is 12.4 Å². The summed E-state index contributed by atoms with van der Waals surface area (Å²) in [7, 11) is 3.13. The second-order valence-electron chi connectivity index (χ2n) is 6.83. The Morgan fingerprint density at radius 3 is 2.63 bits per heavy atom. The van der Waals surface area contributed by atoms with Gasteiger partial charge in [0.15, 0.2) is 11.5 Å². The molecule has 1 atom stereocenters. The molecule has 0 radical (unpaired) electrons. The molecule has 0 aliphatic heterocycles. The number of benzene rings is 1. The number of hydrogen-bond acceptors (Lipinski definition) is 5. The molecule has 2 rings (SSSR count). The van der Waals surface area contributed by atoms with Crippen LogP contribution in [0.3, 0.4) is 0 Å². The van der Waals surface area contributed by atoms with Crippen LogP contribution in [-0.4, -0.2) is 49.5 Å². The van der Waals surface area contributed by atoms with E-state index in [0.717, 1.165) is 24.8 Å². The number of carbonyl (C=O) groups is 2. The number of amides is 3. The van der Waals surface area contributed by atoms with E-state index in [1.807, 2.05) is 6.07 Å². The molecule has 1 aliphatic rings. The predicted octanol–water partition coefficient (Wildman–Crippen LogP) is 2.30. The Morgan fingerprint density at radius 1 is 1.30 bits per heavy atom. The summed E-state index contributed by atoms with van der Waals surface area (Å²) in [5.41, 5.74) is 0.867. The average Bonchev–Trinajstić information content (AvgIpc) is 3.18. The van der Waals surface area contributed by atoms with Gasteiger partial charge in [-0.15, -0.1) is 0 Å². The zero-order valence-electron chi connectivity index (χ0n) is 15.9. The third-order valence-corrected chi connectivity index (χ3v) is 4.86. The largest absolute Gasteiger partial charge is 0.493 e. The Kier molecular flexibility index (Phi) is 8.19. The Balaban J connectivity index is 1.89. The third kappa shape index (κ3) is 6.63. The number of urea groups is 1. The van der Waals surface area contributed by atoms with E-state index >= 15 is 0 Å². The molecular weight excluding hydrogens is 350 g/mol. The number of ether oxygens (including phenoxy) is 2. The molecule has 0 aromatic heterocycles. The van der Waals surface area contributed by atoms with Crippen LogP contribution in [0.4, 0.5) is 4.79 Å². The molecule has 1 aromatic carbocycles. The minimum Gasteiger partial charge on any atom is -0.493 e. The van der Waals surface area contributed by atoms with E-state index in [-0.39, 0.29) is 18.6 Å². The highest BCUT2D eigenvalue weighted by Gasteiger charge is 2.23. The summed E-state index contributed by atoms with van der Waals surface area (Å²) in [6.45, 7) is 0.392. The van der Waals surface area contributed by atoms with Crippen molar-refractivity contribution in [2.24, 2.45) is 5.92 Å². The Hall–Kier alpha value is -2.48. The second kappa shape index (κ2) is 10.6. The first kappa shape index (κ1) is 20.8. The van der Waals surface area contributed by atoms with Crippen LogP contribution in [0, 0.1) is 5.92 Å². The summed E-state index contributed by atoms with van der Waals surface area (Å²) in [5, 5.41) is 15.7. The van der Waals surface area contributed by atoms with Gasteiger partial charge in [-0.2, -0.15) is 0 Å². The van der Waals surface area contributed by atoms with Crippen LogP contribution < -0.4 is 20.1 Å². The van der Waals surface area contributed by atoms with E-state index in [0.29, 0.717) is 35.4 Å². The van der Waals surface area contributed by atoms with Gasteiger partial charge >= 0.3 is 6.03 Å².